The average molecular weight is 516 g/mol. The highest BCUT2D eigenvalue weighted by atomic mass is 35.5. The van der Waals surface area contributed by atoms with Gasteiger partial charge in [-0.1, -0.05) is 46.9 Å². The van der Waals surface area contributed by atoms with Crippen molar-refractivity contribution in [3.05, 3.63) is 81.4 Å². The van der Waals surface area contributed by atoms with Crippen LogP contribution < -0.4 is 0 Å². The maximum Gasteiger partial charge on any atom is 0.274 e. The predicted molar refractivity (Wildman–Crippen MR) is 133 cm³/mol. The van der Waals surface area contributed by atoms with Crippen molar-refractivity contribution in [2.75, 3.05) is 13.1 Å². The molecule has 5 rings (SSSR count). The molecule has 1 fully saturated rings. The number of nitrogens with zero attached hydrogens (tertiary/aromatic N) is 6. The summed E-state index contributed by atoms with van der Waals surface area (Å²) in [4.78, 5) is 19.6. The Morgan fingerprint density at radius 2 is 1.68 bits per heavy atom. The molecule has 0 unspecified atom stereocenters. The summed E-state index contributed by atoms with van der Waals surface area (Å²) in [5, 5.41) is 10.6. The zero-order chi connectivity index (χ0) is 23.7. The number of amides is 1. The number of likely N-dealkylation sites (tertiary alicyclic amines) is 1. The van der Waals surface area contributed by atoms with Crippen molar-refractivity contribution in [1.29, 1.82) is 0 Å². The molecule has 1 saturated heterocycles. The molecule has 0 atom stereocenters. The van der Waals surface area contributed by atoms with Gasteiger partial charge in [0, 0.05) is 34.3 Å². The van der Waals surface area contributed by atoms with Gasteiger partial charge in [0.25, 0.3) is 5.91 Å². The number of halogens is 3. The molecule has 34 heavy (non-hydrogen) atoms. The van der Waals surface area contributed by atoms with Gasteiger partial charge in [-0.05, 0) is 49.6 Å². The first kappa shape index (κ1) is 22.9. The van der Waals surface area contributed by atoms with Gasteiger partial charge in [-0.3, -0.25) is 4.79 Å². The molecule has 10 heteroatoms. The monoisotopic (exact) mass is 514 g/mol. The van der Waals surface area contributed by atoms with Crippen molar-refractivity contribution in [3.8, 4) is 16.9 Å². The number of aromatic nitrogens is 5. The summed E-state index contributed by atoms with van der Waals surface area (Å²) in [5.74, 6) is -0.103. The van der Waals surface area contributed by atoms with E-state index in [1.54, 1.807) is 33.9 Å². The van der Waals surface area contributed by atoms with Gasteiger partial charge in [-0.15, -0.1) is 0 Å². The molecule has 7 nitrogen and oxygen atoms in total. The smallest absolute Gasteiger partial charge is 0.274 e. The van der Waals surface area contributed by atoms with Crippen LogP contribution in [-0.2, 0) is 6.54 Å². The Labute approximate surface area is 211 Å². The number of rotatable bonds is 5. The van der Waals surface area contributed by atoms with E-state index in [1.807, 2.05) is 29.2 Å². The van der Waals surface area contributed by atoms with Crippen molar-refractivity contribution < 1.29 is 4.79 Å². The van der Waals surface area contributed by atoms with Crippen LogP contribution in [-0.4, -0.2) is 48.4 Å². The van der Waals surface area contributed by atoms with Crippen LogP contribution in [0.2, 0.25) is 15.1 Å². The third-order valence-electron chi connectivity index (χ3n) is 5.87. The van der Waals surface area contributed by atoms with Crippen LogP contribution in [0.25, 0.3) is 16.9 Å². The third kappa shape index (κ3) is 4.56. The molecule has 174 valence electrons. The quantitative estimate of drug-likeness (QED) is 0.339. The van der Waals surface area contributed by atoms with Gasteiger partial charge in [0.2, 0.25) is 0 Å². The molecule has 0 saturated carbocycles. The summed E-state index contributed by atoms with van der Waals surface area (Å²) in [5.41, 5.74) is 3.30. The summed E-state index contributed by atoms with van der Waals surface area (Å²) < 4.78 is 3.39. The van der Waals surface area contributed by atoms with Crippen LogP contribution in [0.5, 0.6) is 0 Å². The number of benzene rings is 2. The van der Waals surface area contributed by atoms with Crippen LogP contribution >= 0.6 is 34.8 Å². The Hall–Kier alpha value is -2.87. The fourth-order valence-corrected chi connectivity index (χ4v) is 4.84. The molecule has 4 aromatic rings. The van der Waals surface area contributed by atoms with Crippen LogP contribution in [0.3, 0.4) is 0 Å². The zero-order valence-corrected chi connectivity index (χ0v) is 20.4. The first-order chi connectivity index (χ1) is 16.5. The number of carbonyl (C=O) groups excluding carboxylic acids is 1. The van der Waals surface area contributed by atoms with Crippen LogP contribution in [0, 0.1) is 0 Å². The summed E-state index contributed by atoms with van der Waals surface area (Å²) in [6, 6.07) is 12.6. The van der Waals surface area contributed by atoms with E-state index in [4.69, 9.17) is 39.9 Å². The van der Waals surface area contributed by atoms with E-state index in [-0.39, 0.29) is 5.91 Å². The minimum absolute atomic E-state index is 0.103. The van der Waals surface area contributed by atoms with Crippen molar-refractivity contribution in [2.45, 2.75) is 25.8 Å². The van der Waals surface area contributed by atoms with Crippen molar-refractivity contribution >= 4 is 40.7 Å². The SMILES string of the molecule is O=C(c1nn(-c2ccc(Cl)cc2Cl)c(-c2ccc(Cl)cc2)c1Cn1cncn1)N1CCCCC1. The molecular formula is C24H21Cl3N6O. The zero-order valence-electron chi connectivity index (χ0n) is 18.2. The highest BCUT2D eigenvalue weighted by Crippen LogP contribution is 2.34. The Morgan fingerprint density at radius 1 is 0.941 bits per heavy atom. The fourth-order valence-electron chi connectivity index (χ4n) is 4.23. The maximum atomic E-state index is 13.7. The molecule has 3 heterocycles. The van der Waals surface area contributed by atoms with Gasteiger partial charge in [-0.25, -0.2) is 14.3 Å². The molecule has 0 N–H and O–H groups in total. The molecule has 0 spiro atoms. The van der Waals surface area contributed by atoms with Gasteiger partial charge in [0.15, 0.2) is 5.69 Å². The largest absolute Gasteiger partial charge is 0.337 e. The first-order valence-corrected chi connectivity index (χ1v) is 12.1. The molecule has 2 aromatic carbocycles. The number of hydrogen-bond acceptors (Lipinski definition) is 4. The predicted octanol–water partition coefficient (Wildman–Crippen LogP) is 5.77. The average Bonchev–Trinajstić information content (AvgIpc) is 3.48. The standard InChI is InChI=1S/C24H21Cl3N6O/c25-17-6-4-16(5-7-17)23-19(13-32-15-28-14-29-32)22(24(34)31-10-2-1-3-11-31)30-33(23)21-9-8-18(26)12-20(21)27/h4-9,12,14-15H,1-3,10-11,13H2. The van der Waals surface area contributed by atoms with Crippen LogP contribution in [0.15, 0.2) is 55.1 Å². The second kappa shape index (κ2) is 9.78. The lowest BCUT2D eigenvalue weighted by Gasteiger charge is -2.26. The van der Waals surface area contributed by atoms with Gasteiger partial charge in [-0.2, -0.15) is 10.2 Å². The molecule has 0 bridgehead atoms. The van der Waals surface area contributed by atoms with Gasteiger partial charge in [0.05, 0.1) is 22.9 Å². The lowest BCUT2D eigenvalue weighted by Crippen LogP contribution is -2.36. The van der Waals surface area contributed by atoms with Gasteiger partial charge < -0.3 is 4.90 Å². The number of piperidine rings is 1. The Bertz CT molecular complexity index is 1310. The topological polar surface area (TPSA) is 68.8 Å². The minimum Gasteiger partial charge on any atom is -0.337 e. The van der Waals surface area contributed by atoms with E-state index >= 15 is 0 Å². The molecule has 0 aliphatic carbocycles. The third-order valence-corrected chi connectivity index (χ3v) is 6.66. The van der Waals surface area contributed by atoms with E-state index in [2.05, 4.69) is 10.1 Å². The summed E-state index contributed by atoms with van der Waals surface area (Å²) >= 11 is 18.9. The van der Waals surface area contributed by atoms with Crippen molar-refractivity contribution in [2.24, 2.45) is 0 Å². The Kier molecular flexibility index (Phi) is 6.59. The number of hydrogen-bond donors (Lipinski definition) is 0. The highest BCUT2D eigenvalue weighted by Gasteiger charge is 2.29. The first-order valence-electron chi connectivity index (χ1n) is 11.0. The second-order valence-corrected chi connectivity index (χ2v) is 9.42. The van der Waals surface area contributed by atoms with Crippen LogP contribution in [0.1, 0.15) is 35.3 Å². The summed E-state index contributed by atoms with van der Waals surface area (Å²) in [6.07, 6.45) is 6.18. The summed E-state index contributed by atoms with van der Waals surface area (Å²) in [6.45, 7) is 1.75. The van der Waals surface area contributed by atoms with Gasteiger partial charge in [0.1, 0.15) is 12.7 Å². The highest BCUT2D eigenvalue weighted by molar-refractivity contribution is 6.35. The molecule has 1 aliphatic rings. The molecule has 0 radical (unpaired) electrons. The molecule has 1 aliphatic heterocycles. The van der Waals surface area contributed by atoms with E-state index in [0.29, 0.717) is 46.1 Å². The molecular weight excluding hydrogens is 495 g/mol. The van der Waals surface area contributed by atoms with Crippen molar-refractivity contribution in [1.82, 2.24) is 29.4 Å². The number of carbonyl (C=O) groups is 1. The van der Waals surface area contributed by atoms with E-state index in [1.165, 1.54) is 6.33 Å². The molecule has 2 aromatic heterocycles. The van der Waals surface area contributed by atoms with E-state index in [0.717, 1.165) is 36.1 Å². The van der Waals surface area contributed by atoms with Crippen LogP contribution in [0.4, 0.5) is 0 Å². The summed E-state index contributed by atoms with van der Waals surface area (Å²) in [7, 11) is 0. The van der Waals surface area contributed by atoms with Crippen molar-refractivity contribution in [3.63, 3.8) is 0 Å². The van der Waals surface area contributed by atoms with Gasteiger partial charge >= 0.3 is 0 Å². The lowest BCUT2D eigenvalue weighted by atomic mass is 10.0. The fraction of sp³-hybridized carbons (Fsp3) is 0.250. The van der Waals surface area contributed by atoms with E-state index < -0.39 is 0 Å². The normalized spacial score (nSPS) is 13.9. The second-order valence-electron chi connectivity index (χ2n) is 8.14. The minimum atomic E-state index is -0.103. The Balaban J connectivity index is 1.75. The Morgan fingerprint density at radius 3 is 2.35 bits per heavy atom. The lowest BCUT2D eigenvalue weighted by molar-refractivity contribution is 0.0716. The molecule has 1 amide bonds. The van der Waals surface area contributed by atoms with E-state index in [9.17, 15) is 4.79 Å². The maximum absolute atomic E-state index is 13.7.